The zero-order chi connectivity index (χ0) is 29.2. The van der Waals surface area contributed by atoms with Crippen LogP contribution in [0.2, 0.25) is 5.02 Å². The number of benzene rings is 2. The molecular weight excluding hydrogens is 570 g/mol. The molecule has 2 saturated heterocycles. The number of aliphatic hydroxyl groups is 2. The van der Waals surface area contributed by atoms with Gasteiger partial charge in [0.05, 0.1) is 42.1 Å². The number of pyridine rings is 1. The molecule has 12 heteroatoms. The second-order valence-electron chi connectivity index (χ2n) is 10.6. The van der Waals surface area contributed by atoms with Gasteiger partial charge >= 0.3 is 0 Å². The third-order valence-electron chi connectivity index (χ3n) is 7.67. The first-order valence-electron chi connectivity index (χ1n) is 13.9. The van der Waals surface area contributed by atoms with Gasteiger partial charge in [-0.25, -0.2) is 13.8 Å². The first-order chi connectivity index (χ1) is 20.3. The Bertz CT molecular complexity index is 1560. The van der Waals surface area contributed by atoms with Gasteiger partial charge in [-0.3, -0.25) is 9.88 Å². The highest BCUT2D eigenvalue weighted by atomic mass is 35.5. The number of ether oxygens (including phenoxy) is 3. The van der Waals surface area contributed by atoms with Gasteiger partial charge in [0.25, 0.3) is 0 Å². The van der Waals surface area contributed by atoms with Crippen molar-refractivity contribution in [2.24, 2.45) is 0 Å². The van der Waals surface area contributed by atoms with E-state index < -0.39 is 17.9 Å². The highest BCUT2D eigenvalue weighted by molar-refractivity contribution is 6.30. The van der Waals surface area contributed by atoms with Crippen LogP contribution in [0.1, 0.15) is 42.6 Å². The first kappa shape index (κ1) is 28.8. The van der Waals surface area contributed by atoms with Crippen LogP contribution in [0, 0.1) is 11.6 Å². The summed E-state index contributed by atoms with van der Waals surface area (Å²) < 4.78 is 47.9. The molecule has 0 bridgehead atoms. The molecule has 0 saturated carbocycles. The number of hydrogen-bond donors (Lipinski definition) is 2. The van der Waals surface area contributed by atoms with Crippen LogP contribution < -0.4 is 9.47 Å². The molecule has 0 aliphatic carbocycles. The Morgan fingerprint density at radius 2 is 1.83 bits per heavy atom. The fraction of sp³-hybridized carbons (Fsp3) is 0.400. The van der Waals surface area contributed by atoms with Gasteiger partial charge in [0.2, 0.25) is 0 Å². The van der Waals surface area contributed by atoms with Gasteiger partial charge in [0.1, 0.15) is 18.5 Å². The van der Waals surface area contributed by atoms with Gasteiger partial charge in [0.15, 0.2) is 29.4 Å². The summed E-state index contributed by atoms with van der Waals surface area (Å²) in [4.78, 5) is 11.2. The van der Waals surface area contributed by atoms with Crippen molar-refractivity contribution in [3.8, 4) is 11.5 Å². The molecule has 4 heterocycles. The van der Waals surface area contributed by atoms with Crippen LogP contribution in [0.5, 0.6) is 11.5 Å². The Hall–Kier alpha value is -3.35. The molecule has 2 aliphatic heterocycles. The van der Waals surface area contributed by atoms with Crippen molar-refractivity contribution in [2.75, 3.05) is 19.7 Å². The van der Waals surface area contributed by atoms with Crippen molar-refractivity contribution < 1.29 is 33.2 Å². The quantitative estimate of drug-likeness (QED) is 0.251. The molecule has 0 radical (unpaired) electrons. The lowest BCUT2D eigenvalue weighted by Gasteiger charge is -2.32. The molecule has 2 aliphatic rings. The number of aliphatic hydroxyl groups excluding tert-OH is 1. The smallest absolute Gasteiger partial charge is 0.183 e. The molecule has 2 aromatic carbocycles. The third kappa shape index (κ3) is 6.50. The Balaban J connectivity index is 1.08. The van der Waals surface area contributed by atoms with E-state index in [9.17, 15) is 19.0 Å². The normalized spacial score (nSPS) is 18.0. The molecular formula is C30H31ClF2N4O5. The second kappa shape index (κ2) is 12.5. The number of piperidine rings is 1. The number of nitrogens with zero attached hydrogens (tertiary/aromatic N) is 4. The van der Waals surface area contributed by atoms with E-state index in [0.29, 0.717) is 37.2 Å². The van der Waals surface area contributed by atoms with Gasteiger partial charge in [-0.2, -0.15) is 0 Å². The van der Waals surface area contributed by atoms with E-state index >= 15 is 0 Å². The summed E-state index contributed by atoms with van der Waals surface area (Å²) in [6.45, 7) is 3.40. The van der Waals surface area contributed by atoms with Crippen LogP contribution in [0.25, 0.3) is 11.0 Å². The number of hydrogen-bond acceptors (Lipinski definition) is 8. The van der Waals surface area contributed by atoms with E-state index in [0.717, 1.165) is 55.2 Å². The fourth-order valence-corrected chi connectivity index (χ4v) is 5.40. The third-order valence-corrected chi connectivity index (χ3v) is 7.90. The Kier molecular flexibility index (Phi) is 8.55. The topological polar surface area (TPSA) is 102 Å². The summed E-state index contributed by atoms with van der Waals surface area (Å²) in [5.74, 6) is -0.165. The van der Waals surface area contributed by atoms with Gasteiger partial charge in [0, 0.05) is 36.3 Å². The number of rotatable bonds is 10. The summed E-state index contributed by atoms with van der Waals surface area (Å²) in [7, 11) is 0. The van der Waals surface area contributed by atoms with E-state index in [1.54, 1.807) is 18.2 Å². The van der Waals surface area contributed by atoms with Crippen molar-refractivity contribution in [1.29, 1.82) is 0 Å². The fourth-order valence-electron chi connectivity index (χ4n) is 5.25. The molecule has 0 spiro atoms. The summed E-state index contributed by atoms with van der Waals surface area (Å²) in [6, 6.07) is 10.8. The minimum Gasteiger partial charge on any atom is -0.487 e. The largest absolute Gasteiger partial charge is 0.487 e. The van der Waals surface area contributed by atoms with Crippen LogP contribution in [0.3, 0.4) is 0 Å². The lowest BCUT2D eigenvalue weighted by Crippen LogP contribution is -2.39. The maximum atomic E-state index is 14.6. The van der Waals surface area contributed by atoms with E-state index in [1.165, 1.54) is 18.2 Å². The van der Waals surface area contributed by atoms with Crippen molar-refractivity contribution in [1.82, 2.24) is 19.4 Å². The summed E-state index contributed by atoms with van der Waals surface area (Å²) in [5.41, 5.74) is 2.46. The molecule has 42 heavy (non-hydrogen) atoms. The van der Waals surface area contributed by atoms with Crippen molar-refractivity contribution in [2.45, 2.75) is 57.5 Å². The Morgan fingerprint density at radius 1 is 1.02 bits per heavy atom. The molecule has 6 rings (SSSR count). The van der Waals surface area contributed by atoms with E-state index in [4.69, 9.17) is 30.8 Å². The van der Waals surface area contributed by atoms with Gasteiger partial charge in [-0.05, 0) is 49.6 Å². The monoisotopic (exact) mass is 600 g/mol. The van der Waals surface area contributed by atoms with Gasteiger partial charge in [-0.1, -0.05) is 17.7 Å². The summed E-state index contributed by atoms with van der Waals surface area (Å²) in [6.07, 6.45) is 1.81. The number of likely N-dealkylation sites (tertiary alicyclic amines) is 1. The van der Waals surface area contributed by atoms with Crippen molar-refractivity contribution in [3.05, 3.63) is 82.4 Å². The molecule has 2 fully saturated rings. The maximum absolute atomic E-state index is 14.6. The Labute approximate surface area is 246 Å². The average molecular weight is 601 g/mol. The van der Waals surface area contributed by atoms with E-state index in [-0.39, 0.29) is 35.3 Å². The van der Waals surface area contributed by atoms with Crippen LogP contribution >= 0.6 is 11.6 Å². The molecule has 0 unspecified atom stereocenters. The lowest BCUT2D eigenvalue weighted by molar-refractivity contribution is -0.0592. The van der Waals surface area contributed by atoms with Crippen molar-refractivity contribution >= 4 is 22.6 Å². The predicted molar refractivity (Wildman–Crippen MR) is 150 cm³/mol. The molecule has 2 aromatic heterocycles. The van der Waals surface area contributed by atoms with Crippen LogP contribution in [0.15, 0.2) is 48.7 Å². The highest BCUT2D eigenvalue weighted by Gasteiger charge is 2.26. The molecule has 2 N–H and O–H groups in total. The van der Waals surface area contributed by atoms with Crippen molar-refractivity contribution in [3.63, 3.8) is 0 Å². The molecule has 4 aromatic rings. The molecule has 0 amide bonds. The molecule has 9 nitrogen and oxygen atoms in total. The number of imidazole rings is 1. The minimum absolute atomic E-state index is 0.0283. The second-order valence-corrected chi connectivity index (χ2v) is 11.0. The first-order valence-corrected chi connectivity index (χ1v) is 14.3. The zero-order valence-corrected chi connectivity index (χ0v) is 23.5. The van der Waals surface area contributed by atoms with Gasteiger partial charge < -0.3 is 29.0 Å². The minimum atomic E-state index is -1.56. The zero-order valence-electron chi connectivity index (χ0n) is 22.8. The standard InChI is InChI=1S/C30H31ClF2N4O5/c31-19-2-4-27(23(32)12-19)41-17-20-13-28(24(33)14-34-20)42-21-5-8-36(9-6-21)16-29-35-25-3-1-18(30(38)39)11-26(25)37(29)15-22-7-10-40-22/h1-4,11-14,21-22,30,38-39H,5-10,15-17H2/t22-/m0/s1. The molecule has 222 valence electrons. The number of fused-ring (bicyclic) bond motifs is 1. The highest BCUT2D eigenvalue weighted by Crippen LogP contribution is 2.28. The Morgan fingerprint density at radius 3 is 2.55 bits per heavy atom. The average Bonchev–Trinajstić information content (AvgIpc) is 3.28. The van der Waals surface area contributed by atoms with Crippen LogP contribution in [-0.4, -0.2) is 61.6 Å². The summed E-state index contributed by atoms with van der Waals surface area (Å²) >= 11 is 5.79. The summed E-state index contributed by atoms with van der Waals surface area (Å²) in [5, 5.41) is 19.6. The number of halogens is 3. The van der Waals surface area contributed by atoms with Gasteiger partial charge in [-0.15, -0.1) is 0 Å². The van der Waals surface area contributed by atoms with E-state index in [2.05, 4.69) is 14.5 Å². The van der Waals surface area contributed by atoms with Crippen LogP contribution in [-0.2, 0) is 24.4 Å². The molecule has 1 atom stereocenters. The number of aromatic nitrogens is 3. The maximum Gasteiger partial charge on any atom is 0.183 e. The lowest BCUT2D eigenvalue weighted by atomic mass is 10.1. The van der Waals surface area contributed by atoms with E-state index in [1.807, 2.05) is 0 Å². The SMILES string of the molecule is OC(O)c1ccc2nc(CN3CCC(Oc4cc(COc5ccc(Cl)cc5F)ncc4F)CC3)n(C[C@@H]3CCO3)c2c1. The predicted octanol–water partition coefficient (Wildman–Crippen LogP) is 4.76. The van der Waals surface area contributed by atoms with Crippen LogP contribution in [0.4, 0.5) is 8.78 Å².